The molecule has 1 aliphatic rings. The molecule has 6 heteroatoms. The van der Waals surface area contributed by atoms with Gasteiger partial charge < -0.3 is 10.6 Å². The average molecular weight is 366 g/mol. The number of nitrogens with zero attached hydrogens (tertiary/aromatic N) is 2. The molecule has 1 saturated carbocycles. The van der Waals surface area contributed by atoms with Crippen molar-refractivity contribution < 1.29 is 4.79 Å². The Hall–Kier alpha value is -2.60. The van der Waals surface area contributed by atoms with Crippen molar-refractivity contribution in [2.75, 3.05) is 5.32 Å². The van der Waals surface area contributed by atoms with Crippen LogP contribution in [0.1, 0.15) is 32.1 Å². The first-order chi connectivity index (χ1) is 12.7. The normalized spacial score (nSPS) is 14.5. The Labute approximate surface area is 158 Å². The van der Waals surface area contributed by atoms with Gasteiger partial charge in [-0.2, -0.15) is 10.2 Å². The summed E-state index contributed by atoms with van der Waals surface area (Å²) >= 11 is 5.22. The zero-order valence-corrected chi connectivity index (χ0v) is 15.3. The lowest BCUT2D eigenvalue weighted by Gasteiger charge is -2.12. The largest absolute Gasteiger partial charge is 0.332 e. The maximum absolute atomic E-state index is 12.0. The van der Waals surface area contributed by atoms with Crippen LogP contribution in [-0.4, -0.2) is 11.0 Å². The van der Waals surface area contributed by atoms with Crippen LogP contribution in [0.15, 0.2) is 64.8 Å². The Bertz CT molecular complexity index is 768. The molecule has 0 heterocycles. The van der Waals surface area contributed by atoms with Gasteiger partial charge in [0.15, 0.2) is 5.11 Å². The molecule has 0 aromatic heterocycles. The van der Waals surface area contributed by atoms with Crippen LogP contribution >= 0.6 is 12.2 Å². The van der Waals surface area contributed by atoms with Gasteiger partial charge in [-0.3, -0.25) is 4.79 Å². The highest BCUT2D eigenvalue weighted by Gasteiger charge is 2.18. The molecule has 2 aromatic rings. The van der Waals surface area contributed by atoms with E-state index in [9.17, 15) is 4.79 Å². The van der Waals surface area contributed by atoms with Crippen molar-refractivity contribution in [3.63, 3.8) is 0 Å². The van der Waals surface area contributed by atoms with Crippen LogP contribution in [0.25, 0.3) is 0 Å². The summed E-state index contributed by atoms with van der Waals surface area (Å²) in [5, 5.41) is 14.5. The Balaban J connectivity index is 1.48. The molecule has 0 aliphatic heterocycles. The maximum Gasteiger partial charge on any atom is 0.226 e. The highest BCUT2D eigenvalue weighted by atomic mass is 32.1. The van der Waals surface area contributed by atoms with Crippen LogP contribution in [-0.2, 0) is 4.79 Å². The van der Waals surface area contributed by atoms with E-state index in [1.54, 1.807) is 0 Å². The summed E-state index contributed by atoms with van der Waals surface area (Å²) < 4.78 is 0. The van der Waals surface area contributed by atoms with Crippen molar-refractivity contribution in [2.24, 2.45) is 16.1 Å². The van der Waals surface area contributed by atoms with Crippen molar-refractivity contribution in [3.05, 3.63) is 54.6 Å². The lowest BCUT2D eigenvalue weighted by atomic mass is 10.0. The minimum absolute atomic E-state index is 0.0114. The number of nitrogens with one attached hydrogen (secondary N) is 2. The van der Waals surface area contributed by atoms with Gasteiger partial charge in [0, 0.05) is 12.1 Å². The molecular formula is C20H22N4OS. The minimum atomic E-state index is -0.0114. The summed E-state index contributed by atoms with van der Waals surface area (Å²) in [5.41, 5.74) is 2.35. The molecule has 1 aliphatic carbocycles. The summed E-state index contributed by atoms with van der Waals surface area (Å²) in [6.45, 7) is 0. The third kappa shape index (κ3) is 5.74. The number of hydrogen-bond donors (Lipinski definition) is 2. The van der Waals surface area contributed by atoms with Crippen LogP contribution < -0.4 is 10.6 Å². The molecule has 1 amide bonds. The number of anilines is 1. The molecule has 1 fully saturated rings. The van der Waals surface area contributed by atoms with Crippen molar-refractivity contribution in [1.29, 1.82) is 0 Å². The zero-order chi connectivity index (χ0) is 18.2. The SMILES string of the molecule is O=C(CC1CCCC1)NC(=S)Nc1ccc(N=Nc2ccccc2)cc1. The van der Waals surface area contributed by atoms with E-state index >= 15 is 0 Å². The molecule has 0 unspecified atom stereocenters. The fraction of sp³-hybridized carbons (Fsp3) is 0.300. The molecule has 26 heavy (non-hydrogen) atoms. The highest BCUT2D eigenvalue weighted by Crippen LogP contribution is 2.27. The van der Waals surface area contributed by atoms with Crippen LogP contribution in [0.5, 0.6) is 0 Å². The van der Waals surface area contributed by atoms with Crippen LogP contribution in [0.3, 0.4) is 0 Å². The molecule has 0 atom stereocenters. The number of hydrogen-bond acceptors (Lipinski definition) is 4. The van der Waals surface area contributed by atoms with Crippen molar-refractivity contribution in [3.8, 4) is 0 Å². The Morgan fingerprint density at radius 3 is 2.23 bits per heavy atom. The topological polar surface area (TPSA) is 65.8 Å². The summed E-state index contributed by atoms with van der Waals surface area (Å²) in [7, 11) is 0. The molecule has 2 aromatic carbocycles. The molecule has 0 radical (unpaired) electrons. The first kappa shape index (κ1) is 18.2. The molecule has 0 bridgehead atoms. The van der Waals surface area contributed by atoms with Crippen LogP contribution in [0, 0.1) is 5.92 Å². The van der Waals surface area contributed by atoms with Gasteiger partial charge >= 0.3 is 0 Å². The molecule has 134 valence electrons. The minimum Gasteiger partial charge on any atom is -0.332 e. The standard InChI is InChI=1S/C20H22N4OS/c25-19(14-15-6-4-5-7-15)22-20(26)21-16-10-12-18(13-11-16)24-23-17-8-2-1-3-9-17/h1-3,8-13,15H,4-7,14H2,(H2,21,22,25,26). The molecule has 5 nitrogen and oxygen atoms in total. The van der Waals surface area contributed by atoms with E-state index in [1.165, 1.54) is 12.8 Å². The third-order valence-corrected chi connectivity index (χ3v) is 4.57. The molecule has 0 spiro atoms. The molecule has 3 rings (SSSR count). The predicted molar refractivity (Wildman–Crippen MR) is 108 cm³/mol. The first-order valence-electron chi connectivity index (χ1n) is 8.87. The van der Waals surface area contributed by atoms with Gasteiger partial charge in [0.25, 0.3) is 0 Å². The van der Waals surface area contributed by atoms with Gasteiger partial charge in [-0.05, 0) is 67.4 Å². The highest BCUT2D eigenvalue weighted by molar-refractivity contribution is 7.80. The van der Waals surface area contributed by atoms with E-state index in [-0.39, 0.29) is 5.91 Å². The second-order valence-electron chi connectivity index (χ2n) is 6.44. The van der Waals surface area contributed by atoms with Gasteiger partial charge in [-0.15, -0.1) is 0 Å². The quantitative estimate of drug-likeness (QED) is 0.543. The fourth-order valence-corrected chi connectivity index (χ4v) is 3.27. The predicted octanol–water partition coefficient (Wildman–Crippen LogP) is 5.50. The van der Waals surface area contributed by atoms with Gasteiger partial charge in [-0.1, -0.05) is 31.0 Å². The number of azo groups is 1. The van der Waals surface area contributed by atoms with Crippen molar-refractivity contribution in [2.45, 2.75) is 32.1 Å². The summed E-state index contributed by atoms with van der Waals surface area (Å²) in [6.07, 6.45) is 5.31. The van der Waals surface area contributed by atoms with Gasteiger partial charge in [0.1, 0.15) is 0 Å². The second-order valence-corrected chi connectivity index (χ2v) is 6.85. The Morgan fingerprint density at radius 1 is 0.962 bits per heavy atom. The molecule has 2 N–H and O–H groups in total. The summed E-state index contributed by atoms with van der Waals surface area (Å²) in [5.74, 6) is 0.495. The maximum atomic E-state index is 12.0. The molecular weight excluding hydrogens is 344 g/mol. The van der Waals surface area contributed by atoms with Crippen molar-refractivity contribution >= 4 is 40.3 Å². The van der Waals surface area contributed by atoms with Crippen molar-refractivity contribution in [1.82, 2.24) is 5.32 Å². The van der Waals surface area contributed by atoms with Crippen LogP contribution in [0.2, 0.25) is 0 Å². The second kappa shape index (κ2) is 9.20. The first-order valence-corrected chi connectivity index (χ1v) is 9.27. The Morgan fingerprint density at radius 2 is 1.58 bits per heavy atom. The molecule has 0 saturated heterocycles. The fourth-order valence-electron chi connectivity index (χ4n) is 3.04. The number of amides is 1. The average Bonchev–Trinajstić information content (AvgIpc) is 3.14. The zero-order valence-electron chi connectivity index (χ0n) is 14.5. The lowest BCUT2D eigenvalue weighted by molar-refractivity contribution is -0.120. The number of rotatable bonds is 5. The summed E-state index contributed by atoms with van der Waals surface area (Å²) in [6, 6.07) is 17.0. The van der Waals surface area contributed by atoms with E-state index in [0.29, 0.717) is 17.5 Å². The third-order valence-electron chi connectivity index (χ3n) is 4.36. The summed E-state index contributed by atoms with van der Waals surface area (Å²) in [4.78, 5) is 12.0. The number of thiocarbonyl (C=S) groups is 1. The van der Waals surface area contributed by atoms with E-state index in [0.717, 1.165) is 29.9 Å². The van der Waals surface area contributed by atoms with E-state index in [4.69, 9.17) is 12.2 Å². The smallest absolute Gasteiger partial charge is 0.226 e. The van der Waals surface area contributed by atoms with Crippen LogP contribution in [0.4, 0.5) is 17.1 Å². The lowest BCUT2D eigenvalue weighted by Crippen LogP contribution is -2.34. The van der Waals surface area contributed by atoms with E-state index in [1.807, 2.05) is 54.6 Å². The number of benzene rings is 2. The number of carbonyl (C=O) groups excluding carboxylic acids is 1. The monoisotopic (exact) mass is 366 g/mol. The van der Waals surface area contributed by atoms with Gasteiger partial charge in [-0.25, -0.2) is 0 Å². The van der Waals surface area contributed by atoms with E-state index < -0.39 is 0 Å². The Kier molecular flexibility index (Phi) is 6.44. The van der Waals surface area contributed by atoms with Gasteiger partial charge in [0.2, 0.25) is 5.91 Å². The van der Waals surface area contributed by atoms with E-state index in [2.05, 4.69) is 20.9 Å². The van der Waals surface area contributed by atoms with Gasteiger partial charge in [0.05, 0.1) is 11.4 Å². The number of carbonyl (C=O) groups is 1.